The van der Waals surface area contributed by atoms with Crippen LogP contribution in [0.15, 0.2) is 29.0 Å². The molecule has 3 heterocycles. The summed E-state index contributed by atoms with van der Waals surface area (Å²) in [5, 5.41) is 17.3. The van der Waals surface area contributed by atoms with Crippen molar-refractivity contribution in [3.63, 3.8) is 0 Å². The van der Waals surface area contributed by atoms with Crippen LogP contribution in [-0.4, -0.2) is 51.3 Å². The Bertz CT molecular complexity index is 697. The van der Waals surface area contributed by atoms with Crippen molar-refractivity contribution in [2.75, 3.05) is 13.1 Å². The first-order valence-corrected chi connectivity index (χ1v) is 8.53. The fourth-order valence-corrected chi connectivity index (χ4v) is 3.21. The minimum Gasteiger partial charge on any atom is -0.390 e. The summed E-state index contributed by atoms with van der Waals surface area (Å²) in [7, 11) is 0. The van der Waals surface area contributed by atoms with Crippen molar-refractivity contribution < 1.29 is 14.4 Å². The maximum absolute atomic E-state index is 12.2. The molecular weight excluding hydrogens is 320 g/mol. The molecule has 2 N–H and O–H groups in total. The van der Waals surface area contributed by atoms with Gasteiger partial charge in [-0.25, -0.2) is 0 Å². The molecule has 0 spiro atoms. The number of piperidine rings is 1. The highest BCUT2D eigenvalue weighted by atomic mass is 16.5. The SMILES string of the molecule is Cc1noc(C)c1CN1CC[C@@H](NC(=O)Cc2cccnc2)[C@H](O)C1. The van der Waals surface area contributed by atoms with Crippen LogP contribution in [0.2, 0.25) is 0 Å². The zero-order valence-electron chi connectivity index (χ0n) is 14.6. The smallest absolute Gasteiger partial charge is 0.224 e. The number of aliphatic hydroxyl groups excluding tert-OH is 1. The normalized spacial score (nSPS) is 21.2. The lowest BCUT2D eigenvalue weighted by molar-refractivity contribution is -0.122. The quantitative estimate of drug-likeness (QED) is 0.840. The molecule has 1 aliphatic rings. The van der Waals surface area contributed by atoms with Crippen LogP contribution in [0.3, 0.4) is 0 Å². The van der Waals surface area contributed by atoms with Gasteiger partial charge in [-0.3, -0.25) is 14.7 Å². The zero-order valence-corrected chi connectivity index (χ0v) is 14.6. The van der Waals surface area contributed by atoms with Crippen LogP contribution < -0.4 is 5.32 Å². The van der Waals surface area contributed by atoms with Gasteiger partial charge >= 0.3 is 0 Å². The Morgan fingerprint density at radius 1 is 1.48 bits per heavy atom. The second-order valence-corrected chi connectivity index (χ2v) is 6.61. The van der Waals surface area contributed by atoms with Gasteiger partial charge < -0.3 is 14.9 Å². The number of amides is 1. The number of aryl methyl sites for hydroxylation is 2. The number of nitrogens with zero attached hydrogens (tertiary/aromatic N) is 3. The lowest BCUT2D eigenvalue weighted by Crippen LogP contribution is -2.54. The van der Waals surface area contributed by atoms with Crippen LogP contribution in [0.1, 0.15) is 29.0 Å². The zero-order chi connectivity index (χ0) is 17.8. The van der Waals surface area contributed by atoms with Gasteiger partial charge in [0.1, 0.15) is 5.76 Å². The van der Waals surface area contributed by atoms with E-state index in [1.54, 1.807) is 12.4 Å². The number of pyridine rings is 1. The summed E-state index contributed by atoms with van der Waals surface area (Å²) < 4.78 is 5.19. The predicted molar refractivity (Wildman–Crippen MR) is 91.7 cm³/mol. The molecular formula is C18H24N4O3. The van der Waals surface area contributed by atoms with Gasteiger partial charge in [0.25, 0.3) is 0 Å². The summed E-state index contributed by atoms with van der Waals surface area (Å²) in [6.45, 7) is 5.85. The van der Waals surface area contributed by atoms with Crippen molar-refractivity contribution in [2.24, 2.45) is 0 Å². The van der Waals surface area contributed by atoms with Gasteiger partial charge in [-0.15, -0.1) is 0 Å². The minimum atomic E-state index is -0.591. The molecule has 0 radical (unpaired) electrons. The number of hydrogen-bond donors (Lipinski definition) is 2. The van der Waals surface area contributed by atoms with Crippen LogP contribution in [0, 0.1) is 13.8 Å². The van der Waals surface area contributed by atoms with E-state index in [2.05, 4.69) is 20.4 Å². The highest BCUT2D eigenvalue weighted by Crippen LogP contribution is 2.19. The van der Waals surface area contributed by atoms with Crippen molar-refractivity contribution in [1.82, 2.24) is 20.4 Å². The van der Waals surface area contributed by atoms with Crippen molar-refractivity contribution in [3.05, 3.63) is 47.1 Å². The molecule has 2 aromatic heterocycles. The number of carbonyl (C=O) groups excluding carboxylic acids is 1. The predicted octanol–water partition coefficient (Wildman–Crippen LogP) is 0.981. The number of rotatable bonds is 5. The molecule has 3 rings (SSSR count). The first-order chi connectivity index (χ1) is 12.0. The molecule has 7 nitrogen and oxygen atoms in total. The van der Waals surface area contributed by atoms with E-state index in [0.29, 0.717) is 19.5 Å². The Kier molecular flexibility index (Phi) is 5.45. The molecule has 0 unspecified atom stereocenters. The summed E-state index contributed by atoms with van der Waals surface area (Å²) >= 11 is 0. The number of nitrogens with one attached hydrogen (secondary N) is 1. The van der Waals surface area contributed by atoms with Gasteiger partial charge in [-0.05, 0) is 31.9 Å². The number of aliphatic hydroxyl groups is 1. The van der Waals surface area contributed by atoms with Crippen molar-refractivity contribution >= 4 is 5.91 Å². The van der Waals surface area contributed by atoms with E-state index < -0.39 is 6.10 Å². The molecule has 0 aliphatic carbocycles. The fourth-order valence-electron chi connectivity index (χ4n) is 3.21. The Morgan fingerprint density at radius 2 is 2.32 bits per heavy atom. The molecule has 1 aliphatic heterocycles. The topological polar surface area (TPSA) is 91.5 Å². The molecule has 2 atom stereocenters. The van der Waals surface area contributed by atoms with Crippen molar-refractivity contribution in [1.29, 1.82) is 0 Å². The largest absolute Gasteiger partial charge is 0.390 e. The highest BCUT2D eigenvalue weighted by molar-refractivity contribution is 5.78. The Morgan fingerprint density at radius 3 is 2.96 bits per heavy atom. The Labute approximate surface area is 147 Å². The van der Waals surface area contributed by atoms with Crippen molar-refractivity contribution in [3.8, 4) is 0 Å². The Hall–Kier alpha value is -2.25. The third kappa shape index (κ3) is 4.43. The molecule has 0 aromatic carbocycles. The summed E-state index contributed by atoms with van der Waals surface area (Å²) in [6, 6.07) is 3.46. The third-order valence-corrected chi connectivity index (χ3v) is 4.66. The standard InChI is InChI=1S/C18H24N4O3/c1-12-15(13(2)25-21-12)10-22-7-5-16(17(23)11-22)20-18(24)8-14-4-3-6-19-9-14/h3-4,6,9,16-17,23H,5,7-8,10-11H2,1-2H3,(H,20,24)/t16-,17-/m1/s1. The first kappa shape index (κ1) is 17.6. The summed E-state index contributed by atoms with van der Waals surface area (Å²) in [6.07, 6.45) is 3.76. The molecule has 1 fully saturated rings. The van der Waals surface area contributed by atoms with E-state index >= 15 is 0 Å². The van der Waals surface area contributed by atoms with E-state index in [0.717, 1.165) is 29.1 Å². The summed E-state index contributed by atoms with van der Waals surface area (Å²) in [5.74, 6) is 0.732. The summed E-state index contributed by atoms with van der Waals surface area (Å²) in [4.78, 5) is 18.3. The molecule has 0 bridgehead atoms. The third-order valence-electron chi connectivity index (χ3n) is 4.66. The van der Waals surface area contributed by atoms with Gasteiger partial charge in [-0.1, -0.05) is 11.2 Å². The molecule has 134 valence electrons. The number of carbonyl (C=O) groups is 1. The second kappa shape index (κ2) is 7.76. The molecule has 7 heteroatoms. The maximum atomic E-state index is 12.2. The second-order valence-electron chi connectivity index (χ2n) is 6.61. The maximum Gasteiger partial charge on any atom is 0.224 e. The van der Waals surface area contributed by atoms with Gasteiger partial charge in [0, 0.05) is 37.6 Å². The molecule has 1 saturated heterocycles. The van der Waals surface area contributed by atoms with Gasteiger partial charge in [0.05, 0.1) is 24.3 Å². The van der Waals surface area contributed by atoms with Crippen molar-refractivity contribution in [2.45, 2.75) is 45.4 Å². The molecule has 25 heavy (non-hydrogen) atoms. The fraction of sp³-hybridized carbons (Fsp3) is 0.500. The molecule has 1 amide bonds. The van der Waals surface area contributed by atoms with E-state index in [1.807, 2.05) is 26.0 Å². The minimum absolute atomic E-state index is 0.0868. The van der Waals surface area contributed by atoms with E-state index in [-0.39, 0.29) is 18.4 Å². The number of likely N-dealkylation sites (tertiary alicyclic amines) is 1. The van der Waals surface area contributed by atoms with Crippen LogP contribution >= 0.6 is 0 Å². The lowest BCUT2D eigenvalue weighted by Gasteiger charge is -2.36. The van der Waals surface area contributed by atoms with Crippen LogP contribution in [0.5, 0.6) is 0 Å². The molecule has 2 aromatic rings. The number of β-amino-alcohol motifs (C(OH)–C–C–N with tert-alkyl or cyclic N) is 1. The Balaban J connectivity index is 1.51. The number of hydrogen-bond acceptors (Lipinski definition) is 6. The van der Waals surface area contributed by atoms with Gasteiger partial charge in [0.2, 0.25) is 5.91 Å². The van der Waals surface area contributed by atoms with Gasteiger partial charge in [0.15, 0.2) is 0 Å². The van der Waals surface area contributed by atoms with E-state index in [1.165, 1.54) is 0 Å². The van der Waals surface area contributed by atoms with E-state index in [9.17, 15) is 9.90 Å². The highest BCUT2D eigenvalue weighted by Gasteiger charge is 2.29. The van der Waals surface area contributed by atoms with E-state index in [4.69, 9.17) is 4.52 Å². The average Bonchev–Trinajstić information content (AvgIpc) is 2.90. The van der Waals surface area contributed by atoms with Gasteiger partial charge in [-0.2, -0.15) is 0 Å². The first-order valence-electron chi connectivity index (χ1n) is 8.53. The average molecular weight is 344 g/mol. The van der Waals surface area contributed by atoms with Crippen LogP contribution in [-0.2, 0) is 17.8 Å². The lowest BCUT2D eigenvalue weighted by atomic mass is 10.0. The monoisotopic (exact) mass is 344 g/mol. The summed E-state index contributed by atoms with van der Waals surface area (Å²) in [5.41, 5.74) is 2.83. The van der Waals surface area contributed by atoms with Crippen LogP contribution in [0.25, 0.3) is 0 Å². The molecule has 0 saturated carbocycles. The van der Waals surface area contributed by atoms with Crippen LogP contribution in [0.4, 0.5) is 0 Å². The number of aromatic nitrogens is 2.